The van der Waals surface area contributed by atoms with Crippen LogP contribution in [-0.4, -0.2) is 52.9 Å². The lowest BCUT2D eigenvalue weighted by atomic mass is 9.96. The first-order valence-electron chi connectivity index (χ1n) is 10.4. The summed E-state index contributed by atoms with van der Waals surface area (Å²) in [4.78, 5) is 5.14. The van der Waals surface area contributed by atoms with Gasteiger partial charge >= 0.3 is 0 Å². The van der Waals surface area contributed by atoms with Crippen LogP contribution in [0.3, 0.4) is 0 Å². The van der Waals surface area contributed by atoms with Crippen molar-refractivity contribution in [1.82, 2.24) is 19.6 Å². The topological polar surface area (TPSA) is 33.5 Å². The molecule has 2 saturated heterocycles. The first kappa shape index (κ1) is 18.5. The van der Waals surface area contributed by atoms with E-state index in [2.05, 4.69) is 44.0 Å². The standard InChI is InChI=1S/C22H32N4O/c1-27-22-6-5-20(15-21(22)18-24-10-2-3-11-24)16-25-13-7-19(8-14-25)17-26-12-4-9-23-26/h4-6,9,12,15,19H,2-3,7-8,10-11,13-14,16-18H2,1H3. The molecule has 2 aromatic rings. The van der Waals surface area contributed by atoms with E-state index in [0.717, 1.165) is 31.3 Å². The monoisotopic (exact) mass is 368 g/mol. The summed E-state index contributed by atoms with van der Waals surface area (Å²) in [6.45, 7) is 7.92. The van der Waals surface area contributed by atoms with Crippen LogP contribution in [0.4, 0.5) is 0 Å². The molecule has 27 heavy (non-hydrogen) atoms. The molecule has 0 unspecified atom stereocenters. The Balaban J connectivity index is 1.32. The fourth-order valence-electron chi connectivity index (χ4n) is 4.49. The third-order valence-electron chi connectivity index (χ3n) is 6.06. The summed E-state index contributed by atoms with van der Waals surface area (Å²) in [7, 11) is 1.78. The van der Waals surface area contributed by atoms with Gasteiger partial charge in [0, 0.05) is 37.6 Å². The van der Waals surface area contributed by atoms with Crippen LogP contribution >= 0.6 is 0 Å². The third kappa shape index (κ3) is 4.90. The quantitative estimate of drug-likeness (QED) is 0.750. The zero-order valence-corrected chi connectivity index (χ0v) is 16.5. The van der Waals surface area contributed by atoms with Crippen LogP contribution in [0.5, 0.6) is 5.75 Å². The molecule has 0 radical (unpaired) electrons. The van der Waals surface area contributed by atoms with Crippen molar-refractivity contribution in [3.05, 3.63) is 47.8 Å². The second-order valence-corrected chi connectivity index (χ2v) is 8.08. The second kappa shape index (κ2) is 8.89. The summed E-state index contributed by atoms with van der Waals surface area (Å²) in [5.74, 6) is 1.78. The molecule has 1 aromatic carbocycles. The molecule has 4 rings (SSSR count). The van der Waals surface area contributed by atoms with Crippen LogP contribution in [0.25, 0.3) is 0 Å². The number of methoxy groups -OCH3 is 1. The summed E-state index contributed by atoms with van der Waals surface area (Å²) in [5.41, 5.74) is 2.75. The average Bonchev–Trinajstić information content (AvgIpc) is 3.38. The smallest absolute Gasteiger partial charge is 0.123 e. The lowest BCUT2D eigenvalue weighted by Gasteiger charge is -2.32. The van der Waals surface area contributed by atoms with E-state index >= 15 is 0 Å². The summed E-state index contributed by atoms with van der Waals surface area (Å²) in [5, 5.41) is 4.35. The maximum Gasteiger partial charge on any atom is 0.123 e. The maximum atomic E-state index is 5.62. The number of benzene rings is 1. The van der Waals surface area contributed by atoms with Gasteiger partial charge in [-0.05, 0) is 81.5 Å². The highest BCUT2D eigenvalue weighted by Crippen LogP contribution is 2.25. The summed E-state index contributed by atoms with van der Waals surface area (Å²) >= 11 is 0. The second-order valence-electron chi connectivity index (χ2n) is 8.08. The molecule has 2 aliphatic heterocycles. The van der Waals surface area contributed by atoms with Crippen molar-refractivity contribution in [1.29, 1.82) is 0 Å². The van der Waals surface area contributed by atoms with Crippen molar-refractivity contribution in [2.75, 3.05) is 33.3 Å². The minimum absolute atomic E-state index is 0.753. The van der Waals surface area contributed by atoms with Gasteiger partial charge in [-0.2, -0.15) is 5.10 Å². The Kier molecular flexibility index (Phi) is 6.10. The molecule has 0 aliphatic carbocycles. The number of ether oxygens (including phenoxy) is 1. The fourth-order valence-corrected chi connectivity index (χ4v) is 4.49. The van der Waals surface area contributed by atoms with Gasteiger partial charge in [-0.25, -0.2) is 0 Å². The van der Waals surface area contributed by atoms with E-state index < -0.39 is 0 Å². The van der Waals surface area contributed by atoms with Gasteiger partial charge in [-0.15, -0.1) is 0 Å². The van der Waals surface area contributed by atoms with E-state index in [1.807, 2.05) is 12.3 Å². The van der Waals surface area contributed by atoms with Gasteiger partial charge in [0.25, 0.3) is 0 Å². The number of nitrogens with zero attached hydrogens (tertiary/aromatic N) is 4. The normalized spacial score (nSPS) is 19.6. The molecule has 0 atom stereocenters. The predicted octanol–water partition coefficient (Wildman–Crippen LogP) is 3.40. The van der Waals surface area contributed by atoms with Crippen molar-refractivity contribution in [3.63, 3.8) is 0 Å². The zero-order valence-electron chi connectivity index (χ0n) is 16.5. The Morgan fingerprint density at radius 2 is 1.81 bits per heavy atom. The molecule has 1 aromatic heterocycles. The Morgan fingerprint density at radius 3 is 2.52 bits per heavy atom. The maximum absolute atomic E-state index is 5.62. The number of hydrogen-bond acceptors (Lipinski definition) is 4. The third-order valence-corrected chi connectivity index (χ3v) is 6.06. The molecule has 5 nitrogen and oxygen atoms in total. The molecule has 2 fully saturated rings. The fraction of sp³-hybridized carbons (Fsp3) is 0.591. The molecule has 0 spiro atoms. The van der Waals surface area contributed by atoms with Crippen LogP contribution in [0.2, 0.25) is 0 Å². The van der Waals surface area contributed by atoms with Gasteiger partial charge < -0.3 is 4.74 Å². The first-order valence-corrected chi connectivity index (χ1v) is 10.4. The number of aromatic nitrogens is 2. The Bertz CT molecular complexity index is 701. The van der Waals surface area contributed by atoms with Crippen LogP contribution in [0.15, 0.2) is 36.7 Å². The summed E-state index contributed by atoms with van der Waals surface area (Å²) in [6, 6.07) is 8.78. The first-order chi connectivity index (χ1) is 13.3. The highest BCUT2D eigenvalue weighted by Gasteiger charge is 2.20. The Morgan fingerprint density at radius 1 is 1.04 bits per heavy atom. The molecule has 0 amide bonds. The molecule has 5 heteroatoms. The summed E-state index contributed by atoms with van der Waals surface area (Å²) in [6.07, 6.45) is 9.13. The van der Waals surface area contributed by atoms with E-state index in [-0.39, 0.29) is 0 Å². The van der Waals surface area contributed by atoms with Gasteiger partial charge in [0.1, 0.15) is 5.75 Å². The average molecular weight is 369 g/mol. The van der Waals surface area contributed by atoms with Gasteiger partial charge in [-0.3, -0.25) is 14.5 Å². The predicted molar refractivity (Wildman–Crippen MR) is 108 cm³/mol. The molecule has 0 saturated carbocycles. The molecule has 2 aliphatic rings. The van der Waals surface area contributed by atoms with E-state index in [9.17, 15) is 0 Å². The molecule has 0 bridgehead atoms. The molecule has 3 heterocycles. The van der Waals surface area contributed by atoms with Crippen LogP contribution < -0.4 is 4.74 Å². The highest BCUT2D eigenvalue weighted by molar-refractivity contribution is 5.37. The van der Waals surface area contributed by atoms with E-state index in [0.29, 0.717) is 0 Å². The van der Waals surface area contributed by atoms with Crippen LogP contribution in [0, 0.1) is 5.92 Å². The summed E-state index contributed by atoms with van der Waals surface area (Å²) < 4.78 is 7.69. The zero-order chi connectivity index (χ0) is 18.5. The molecule has 0 N–H and O–H groups in total. The minimum Gasteiger partial charge on any atom is -0.496 e. The van der Waals surface area contributed by atoms with Gasteiger partial charge in [0.15, 0.2) is 0 Å². The van der Waals surface area contributed by atoms with Gasteiger partial charge in [-0.1, -0.05) is 6.07 Å². The Hall–Kier alpha value is -1.85. The number of likely N-dealkylation sites (tertiary alicyclic amines) is 2. The van der Waals surface area contributed by atoms with E-state index in [1.54, 1.807) is 7.11 Å². The van der Waals surface area contributed by atoms with Gasteiger partial charge in [0.2, 0.25) is 0 Å². The van der Waals surface area contributed by atoms with Crippen molar-refractivity contribution in [2.24, 2.45) is 5.92 Å². The largest absolute Gasteiger partial charge is 0.496 e. The van der Waals surface area contributed by atoms with Crippen molar-refractivity contribution in [3.8, 4) is 5.75 Å². The highest BCUT2D eigenvalue weighted by atomic mass is 16.5. The van der Waals surface area contributed by atoms with Crippen molar-refractivity contribution in [2.45, 2.75) is 45.3 Å². The number of piperidine rings is 1. The minimum atomic E-state index is 0.753. The molecular weight excluding hydrogens is 336 g/mol. The van der Waals surface area contributed by atoms with Gasteiger partial charge in [0.05, 0.1) is 7.11 Å². The lowest BCUT2D eigenvalue weighted by Crippen LogP contribution is -2.34. The lowest BCUT2D eigenvalue weighted by molar-refractivity contribution is 0.164. The van der Waals surface area contributed by atoms with Crippen molar-refractivity contribution < 1.29 is 4.74 Å². The van der Waals surface area contributed by atoms with Crippen molar-refractivity contribution >= 4 is 0 Å². The molecule has 146 valence electrons. The van der Waals surface area contributed by atoms with E-state index in [1.165, 1.54) is 63.0 Å². The molecular formula is C22H32N4O. The van der Waals surface area contributed by atoms with E-state index in [4.69, 9.17) is 4.74 Å². The number of hydrogen-bond donors (Lipinski definition) is 0. The Labute approximate surface area is 162 Å². The van der Waals surface area contributed by atoms with Crippen LogP contribution in [0.1, 0.15) is 36.8 Å². The number of rotatable bonds is 7. The SMILES string of the molecule is COc1ccc(CN2CCC(Cn3cccn3)CC2)cc1CN1CCCC1. The van der Waals surface area contributed by atoms with Crippen LogP contribution in [-0.2, 0) is 19.6 Å².